The van der Waals surface area contributed by atoms with Crippen LogP contribution in [0.4, 0.5) is 0 Å². The summed E-state index contributed by atoms with van der Waals surface area (Å²) < 4.78 is 33.8. The van der Waals surface area contributed by atoms with Gasteiger partial charge < -0.3 is 23.4 Å². The highest BCUT2D eigenvalue weighted by Crippen LogP contribution is 2.74. The molecule has 2 spiro atoms. The number of hydrogen-bond acceptors (Lipinski definition) is 5. The first kappa shape index (κ1) is 27.7. The molecule has 0 radical (unpaired) electrons. The number of benzene rings is 1. The fourth-order valence-electron chi connectivity index (χ4n) is 8.27. The van der Waals surface area contributed by atoms with Crippen LogP contribution in [0.15, 0.2) is 54.3 Å². The van der Waals surface area contributed by atoms with Gasteiger partial charge in [0.15, 0.2) is 14.1 Å². The molecule has 4 fully saturated rings. The molecule has 6 heteroatoms. The van der Waals surface area contributed by atoms with E-state index in [2.05, 4.69) is 77.2 Å². The van der Waals surface area contributed by atoms with Gasteiger partial charge in [0, 0.05) is 17.3 Å². The van der Waals surface area contributed by atoms with Gasteiger partial charge in [-0.25, -0.2) is 0 Å². The van der Waals surface area contributed by atoms with E-state index in [0.717, 1.165) is 25.7 Å². The average Bonchev–Trinajstić information content (AvgIpc) is 3.23. The van der Waals surface area contributed by atoms with E-state index in [1.165, 1.54) is 11.1 Å². The van der Waals surface area contributed by atoms with E-state index in [1.807, 2.05) is 26.2 Å². The molecule has 1 aromatic carbocycles. The summed E-state index contributed by atoms with van der Waals surface area (Å²) >= 11 is 0. The predicted octanol–water partition coefficient (Wildman–Crippen LogP) is 7.53. The molecule has 5 aliphatic rings. The van der Waals surface area contributed by atoms with Crippen molar-refractivity contribution < 1.29 is 23.4 Å². The van der Waals surface area contributed by atoms with Crippen LogP contribution in [0.5, 0.6) is 0 Å². The Morgan fingerprint density at radius 2 is 1.85 bits per heavy atom. The second-order valence-corrected chi connectivity index (χ2v) is 19.6. The second-order valence-electron chi connectivity index (χ2n) is 14.9. The van der Waals surface area contributed by atoms with Gasteiger partial charge in [-0.05, 0) is 74.9 Å². The maximum atomic E-state index is 7.50. The van der Waals surface area contributed by atoms with Crippen LogP contribution in [0.2, 0.25) is 18.1 Å². The fraction of sp³-hybridized carbons (Fsp3) is 0.697. The van der Waals surface area contributed by atoms with Crippen molar-refractivity contribution in [3.05, 3.63) is 59.9 Å². The van der Waals surface area contributed by atoms with E-state index in [4.69, 9.17) is 23.4 Å². The minimum atomic E-state index is -2.03. The monoisotopic (exact) mass is 552 g/mol. The molecule has 2 heterocycles. The lowest BCUT2D eigenvalue weighted by Gasteiger charge is -2.58. The molecule has 2 aliphatic heterocycles. The lowest BCUT2D eigenvalue weighted by atomic mass is 9.48. The molecular formula is C33H48O5Si. The van der Waals surface area contributed by atoms with Crippen LogP contribution in [-0.2, 0) is 30.0 Å². The van der Waals surface area contributed by atoms with Gasteiger partial charge in [0.2, 0.25) is 0 Å². The SMILES string of the molecule is CC1(C)OC[C@]23O[C@]45CC=C(/C=C/OCc6ccccc6)[C@@H]4[C@H](O[Si](C)(C)C(C)(C)C)C[C@H]2[C@]5(C)CC[C@@H]3O1. The average molecular weight is 553 g/mol. The number of rotatable bonds is 6. The second kappa shape index (κ2) is 9.03. The molecule has 2 saturated heterocycles. The minimum Gasteiger partial charge on any atom is -0.497 e. The standard InChI is InChI=1S/C33H48O5Si/c1-29(2,3)39(7,8)37-25-20-26-31(6)17-15-27-32(26,22-35-30(4,5)36-27)38-33(31)18-14-24(28(25)33)16-19-34-21-23-12-10-9-11-13-23/h9-14,16,19,25-28H,15,17-18,20-22H2,1-8H3/b19-16+/t25-,26+,27+,28-,31+,32+,33-/m1/s1. The molecule has 7 atom stereocenters. The van der Waals surface area contributed by atoms with Crippen LogP contribution in [0, 0.1) is 17.3 Å². The van der Waals surface area contributed by atoms with E-state index < -0.39 is 19.7 Å². The zero-order valence-electron chi connectivity index (χ0n) is 25.2. The van der Waals surface area contributed by atoms with Crippen LogP contribution in [0.1, 0.15) is 72.8 Å². The van der Waals surface area contributed by atoms with Crippen LogP contribution < -0.4 is 0 Å². The van der Waals surface area contributed by atoms with Crippen LogP contribution in [-0.4, -0.2) is 44.1 Å². The molecule has 214 valence electrons. The van der Waals surface area contributed by atoms with Gasteiger partial charge in [0.25, 0.3) is 0 Å². The van der Waals surface area contributed by atoms with Crippen molar-refractivity contribution in [1.82, 2.24) is 0 Å². The quantitative estimate of drug-likeness (QED) is 0.270. The molecule has 39 heavy (non-hydrogen) atoms. The molecule has 4 bridgehead atoms. The summed E-state index contributed by atoms with van der Waals surface area (Å²) in [6.07, 6.45) is 10.6. The summed E-state index contributed by atoms with van der Waals surface area (Å²) in [6.45, 7) is 19.5. The first-order valence-corrected chi connectivity index (χ1v) is 17.9. The van der Waals surface area contributed by atoms with Gasteiger partial charge in [-0.3, -0.25) is 0 Å². The molecule has 0 aromatic heterocycles. The largest absolute Gasteiger partial charge is 0.497 e. The number of hydrogen-bond donors (Lipinski definition) is 0. The van der Waals surface area contributed by atoms with E-state index >= 15 is 0 Å². The van der Waals surface area contributed by atoms with Crippen molar-refractivity contribution in [2.75, 3.05) is 6.61 Å². The van der Waals surface area contributed by atoms with Crippen LogP contribution in [0.25, 0.3) is 0 Å². The first-order chi connectivity index (χ1) is 18.2. The Labute approximate surface area is 236 Å². The van der Waals surface area contributed by atoms with Gasteiger partial charge in [0.05, 0.1) is 30.7 Å². The molecule has 0 amide bonds. The first-order valence-electron chi connectivity index (χ1n) is 15.0. The molecule has 6 rings (SSSR count). The maximum absolute atomic E-state index is 7.50. The normalized spacial score (nSPS) is 40.8. The summed E-state index contributed by atoms with van der Waals surface area (Å²) in [7, 11) is -2.03. The Bertz CT molecular complexity index is 1150. The Balaban J connectivity index is 1.34. The molecule has 2 saturated carbocycles. The fourth-order valence-corrected chi connectivity index (χ4v) is 9.62. The van der Waals surface area contributed by atoms with Crippen molar-refractivity contribution in [3.63, 3.8) is 0 Å². The Morgan fingerprint density at radius 1 is 1.10 bits per heavy atom. The molecule has 1 aromatic rings. The maximum Gasteiger partial charge on any atom is 0.192 e. The van der Waals surface area contributed by atoms with Gasteiger partial charge in [0.1, 0.15) is 12.2 Å². The van der Waals surface area contributed by atoms with Crippen LogP contribution in [0.3, 0.4) is 0 Å². The van der Waals surface area contributed by atoms with E-state index in [1.54, 1.807) is 0 Å². The predicted molar refractivity (Wildman–Crippen MR) is 156 cm³/mol. The molecule has 3 aliphatic carbocycles. The van der Waals surface area contributed by atoms with Gasteiger partial charge in [-0.2, -0.15) is 0 Å². The number of ether oxygens (including phenoxy) is 4. The molecule has 0 N–H and O–H groups in total. The summed E-state index contributed by atoms with van der Waals surface area (Å²) in [6, 6.07) is 10.3. The van der Waals surface area contributed by atoms with E-state index in [9.17, 15) is 0 Å². The third-order valence-corrected chi connectivity index (χ3v) is 15.8. The summed E-state index contributed by atoms with van der Waals surface area (Å²) in [5, 5.41) is 0.135. The van der Waals surface area contributed by atoms with Crippen molar-refractivity contribution in [3.8, 4) is 0 Å². The van der Waals surface area contributed by atoms with Crippen LogP contribution >= 0.6 is 0 Å². The molecule has 0 unspecified atom stereocenters. The lowest BCUT2D eigenvalue weighted by molar-refractivity contribution is -0.351. The van der Waals surface area contributed by atoms with Gasteiger partial charge in [-0.15, -0.1) is 0 Å². The smallest absolute Gasteiger partial charge is 0.192 e. The lowest BCUT2D eigenvalue weighted by Crippen LogP contribution is -2.65. The zero-order valence-corrected chi connectivity index (χ0v) is 26.2. The third kappa shape index (κ3) is 4.15. The Hall–Kier alpha value is -1.44. The summed E-state index contributed by atoms with van der Waals surface area (Å²) in [5.41, 5.74) is 1.79. The van der Waals surface area contributed by atoms with Crippen molar-refractivity contribution in [2.24, 2.45) is 17.3 Å². The Morgan fingerprint density at radius 3 is 2.56 bits per heavy atom. The minimum absolute atomic E-state index is 0.0483. The highest BCUT2D eigenvalue weighted by molar-refractivity contribution is 6.74. The zero-order chi connectivity index (χ0) is 27.9. The highest BCUT2D eigenvalue weighted by atomic mass is 28.4. The van der Waals surface area contributed by atoms with Crippen molar-refractivity contribution in [2.45, 2.75) is 121 Å². The Kier molecular flexibility index (Phi) is 6.41. The highest BCUT2D eigenvalue weighted by Gasteiger charge is 2.80. The molecular weight excluding hydrogens is 504 g/mol. The van der Waals surface area contributed by atoms with Gasteiger partial charge >= 0.3 is 0 Å². The summed E-state index contributed by atoms with van der Waals surface area (Å²) in [5.74, 6) is -0.0649. The third-order valence-electron chi connectivity index (χ3n) is 11.3. The summed E-state index contributed by atoms with van der Waals surface area (Å²) in [4.78, 5) is 0. The molecule has 5 nitrogen and oxygen atoms in total. The topological polar surface area (TPSA) is 46.2 Å². The van der Waals surface area contributed by atoms with E-state index in [-0.39, 0.29) is 34.2 Å². The van der Waals surface area contributed by atoms with Crippen molar-refractivity contribution in [1.29, 1.82) is 0 Å². The number of allylic oxidation sites excluding steroid dienone is 1. The van der Waals surface area contributed by atoms with E-state index in [0.29, 0.717) is 19.1 Å². The van der Waals surface area contributed by atoms with Gasteiger partial charge in [-0.1, -0.05) is 64.1 Å². The van der Waals surface area contributed by atoms with Crippen molar-refractivity contribution >= 4 is 8.32 Å².